The number of pyridine rings is 1. The Morgan fingerprint density at radius 1 is 1.05 bits per heavy atom. The Labute approximate surface area is 222 Å². The van der Waals surface area contributed by atoms with Gasteiger partial charge in [0.15, 0.2) is 11.5 Å². The van der Waals surface area contributed by atoms with Crippen molar-refractivity contribution >= 4 is 46.0 Å². The molecule has 1 aliphatic heterocycles. The Morgan fingerprint density at radius 2 is 1.79 bits per heavy atom. The van der Waals surface area contributed by atoms with E-state index in [0.29, 0.717) is 28.2 Å². The Hall–Kier alpha value is -4.57. The number of methoxy groups -OCH3 is 3. The average molecular weight is 535 g/mol. The maximum Gasteiger partial charge on any atom is 0.302 e. The van der Waals surface area contributed by atoms with Gasteiger partial charge in [0.2, 0.25) is 5.95 Å². The van der Waals surface area contributed by atoms with E-state index in [1.807, 2.05) is 0 Å². The number of aromatic nitrogens is 3. The zero-order valence-corrected chi connectivity index (χ0v) is 21.7. The van der Waals surface area contributed by atoms with Crippen molar-refractivity contribution in [2.45, 2.75) is 13.0 Å². The second-order valence-electron chi connectivity index (χ2n) is 8.54. The Morgan fingerprint density at radius 3 is 2.45 bits per heavy atom. The van der Waals surface area contributed by atoms with Crippen LogP contribution in [-0.2, 0) is 9.59 Å². The number of nitrogens with zero attached hydrogens (tertiary/aromatic N) is 3. The first kappa shape index (κ1) is 25.1. The van der Waals surface area contributed by atoms with Crippen molar-refractivity contribution in [2.24, 2.45) is 0 Å². The number of aliphatic hydroxyl groups is 1. The molecule has 0 saturated carbocycles. The average Bonchev–Trinajstić information content (AvgIpc) is 3.44. The third-order valence-electron chi connectivity index (χ3n) is 6.26. The maximum absolute atomic E-state index is 13.5. The normalized spacial score (nSPS) is 16.8. The van der Waals surface area contributed by atoms with E-state index < -0.39 is 23.5 Å². The Balaban J connectivity index is 1.75. The van der Waals surface area contributed by atoms with Crippen LogP contribution in [0.2, 0.25) is 5.02 Å². The molecule has 2 aromatic heterocycles. The molecule has 1 atom stereocenters. The second-order valence-corrected chi connectivity index (χ2v) is 8.94. The minimum Gasteiger partial charge on any atom is -0.507 e. The second kappa shape index (κ2) is 9.71. The molecule has 1 amide bonds. The molecule has 1 unspecified atom stereocenters. The zero-order chi connectivity index (χ0) is 27.1. The van der Waals surface area contributed by atoms with E-state index in [1.54, 1.807) is 49.4 Å². The molecule has 2 aromatic carbocycles. The predicted molar refractivity (Wildman–Crippen MR) is 141 cm³/mol. The highest BCUT2D eigenvalue weighted by molar-refractivity contribution is 6.51. The molecule has 0 radical (unpaired) electrons. The van der Waals surface area contributed by atoms with Crippen LogP contribution in [0.15, 0.2) is 54.2 Å². The van der Waals surface area contributed by atoms with Gasteiger partial charge in [0.1, 0.15) is 17.6 Å². The van der Waals surface area contributed by atoms with E-state index in [9.17, 15) is 14.7 Å². The number of imidazole rings is 1. The number of carbonyl (C=O) groups is 2. The zero-order valence-electron chi connectivity index (χ0n) is 20.9. The molecule has 4 aromatic rings. The summed E-state index contributed by atoms with van der Waals surface area (Å²) in [5, 5.41) is 11.7. The standard InChI is InChI=1S/C27H23ClN4O6/c1-13-9-14(25(38-4)15(28)10-13)23(33)21-22(16-7-5-6-8-29-16)32(26(35)24(21)34)27-30-17-11-19(36-2)20(37-3)12-18(17)31-27/h5-12,22,33H,1-4H3,(H,30,31)/b23-21+. The van der Waals surface area contributed by atoms with Gasteiger partial charge in [-0.25, -0.2) is 4.98 Å². The van der Waals surface area contributed by atoms with Crippen LogP contribution in [0, 0.1) is 6.92 Å². The molecule has 5 rings (SSSR count). The van der Waals surface area contributed by atoms with Crippen molar-refractivity contribution in [1.29, 1.82) is 0 Å². The molecule has 38 heavy (non-hydrogen) atoms. The van der Waals surface area contributed by atoms with Gasteiger partial charge in [0.05, 0.1) is 54.2 Å². The van der Waals surface area contributed by atoms with Gasteiger partial charge in [-0.1, -0.05) is 17.7 Å². The van der Waals surface area contributed by atoms with Crippen LogP contribution < -0.4 is 19.1 Å². The summed E-state index contributed by atoms with van der Waals surface area (Å²) in [6, 6.07) is 10.6. The van der Waals surface area contributed by atoms with Crippen LogP contribution in [-0.4, -0.2) is 53.1 Å². The van der Waals surface area contributed by atoms with Gasteiger partial charge in [-0.2, -0.15) is 0 Å². The van der Waals surface area contributed by atoms with E-state index in [1.165, 1.54) is 32.4 Å². The smallest absolute Gasteiger partial charge is 0.302 e. The topological polar surface area (TPSA) is 127 Å². The number of hydrogen-bond acceptors (Lipinski definition) is 8. The van der Waals surface area contributed by atoms with Crippen LogP contribution in [0.4, 0.5) is 5.95 Å². The molecule has 1 saturated heterocycles. The lowest BCUT2D eigenvalue weighted by Gasteiger charge is -2.22. The Bertz CT molecular complexity index is 1570. The van der Waals surface area contributed by atoms with Gasteiger partial charge in [0, 0.05) is 18.3 Å². The third kappa shape index (κ3) is 3.99. The molecule has 1 fully saturated rings. The summed E-state index contributed by atoms with van der Waals surface area (Å²) < 4.78 is 16.1. The maximum atomic E-state index is 13.5. The fourth-order valence-electron chi connectivity index (χ4n) is 4.56. The van der Waals surface area contributed by atoms with Crippen molar-refractivity contribution in [3.63, 3.8) is 0 Å². The Kier molecular flexibility index (Phi) is 6.41. The van der Waals surface area contributed by atoms with Crippen molar-refractivity contribution in [2.75, 3.05) is 26.2 Å². The van der Waals surface area contributed by atoms with Crippen LogP contribution in [0.5, 0.6) is 17.2 Å². The minimum absolute atomic E-state index is 0.0846. The fourth-order valence-corrected chi connectivity index (χ4v) is 4.91. The number of ether oxygens (including phenoxy) is 3. The molecule has 0 aliphatic carbocycles. The lowest BCUT2D eigenvalue weighted by Crippen LogP contribution is -2.30. The van der Waals surface area contributed by atoms with Gasteiger partial charge in [-0.05, 0) is 36.8 Å². The third-order valence-corrected chi connectivity index (χ3v) is 6.54. The number of aryl methyl sites for hydroxylation is 1. The molecule has 1 aliphatic rings. The van der Waals surface area contributed by atoms with E-state index in [-0.39, 0.29) is 27.9 Å². The molecule has 2 N–H and O–H groups in total. The number of ketones is 1. The van der Waals surface area contributed by atoms with Crippen molar-refractivity contribution in [3.05, 3.63) is 76.1 Å². The number of halogens is 1. The summed E-state index contributed by atoms with van der Waals surface area (Å²) in [6.07, 6.45) is 1.54. The van der Waals surface area contributed by atoms with Gasteiger partial charge in [0.25, 0.3) is 5.78 Å². The van der Waals surface area contributed by atoms with Crippen molar-refractivity contribution in [3.8, 4) is 17.2 Å². The van der Waals surface area contributed by atoms with Crippen LogP contribution in [0.3, 0.4) is 0 Å². The molecule has 0 bridgehead atoms. The monoisotopic (exact) mass is 534 g/mol. The molecule has 11 heteroatoms. The number of benzene rings is 2. The summed E-state index contributed by atoms with van der Waals surface area (Å²) in [4.78, 5) is 40.2. The molecular formula is C27H23ClN4O6. The summed E-state index contributed by atoms with van der Waals surface area (Å²) in [6.45, 7) is 1.79. The highest BCUT2D eigenvalue weighted by Gasteiger charge is 2.49. The number of hydrogen-bond donors (Lipinski definition) is 2. The van der Waals surface area contributed by atoms with Crippen molar-refractivity contribution in [1.82, 2.24) is 15.0 Å². The van der Waals surface area contributed by atoms with Crippen LogP contribution >= 0.6 is 11.6 Å². The van der Waals surface area contributed by atoms with Gasteiger partial charge in [-0.3, -0.25) is 19.5 Å². The van der Waals surface area contributed by atoms with Gasteiger partial charge < -0.3 is 24.3 Å². The summed E-state index contributed by atoms with van der Waals surface area (Å²) in [5.41, 5.74) is 2.10. The lowest BCUT2D eigenvalue weighted by atomic mass is 9.97. The van der Waals surface area contributed by atoms with Crippen LogP contribution in [0.1, 0.15) is 22.9 Å². The number of carbonyl (C=O) groups excluding carboxylic acids is 2. The SMILES string of the molecule is COc1cc2nc(N3C(=O)C(=O)/C(=C(/O)c4cc(C)cc(Cl)c4OC)C3c3ccccn3)[nH]c2cc1OC. The molecule has 10 nitrogen and oxygen atoms in total. The molecular weight excluding hydrogens is 512 g/mol. The molecule has 194 valence electrons. The van der Waals surface area contributed by atoms with Crippen molar-refractivity contribution < 1.29 is 28.9 Å². The van der Waals surface area contributed by atoms with Gasteiger partial charge in [-0.15, -0.1) is 0 Å². The van der Waals surface area contributed by atoms with E-state index in [0.717, 1.165) is 5.56 Å². The summed E-state index contributed by atoms with van der Waals surface area (Å²) in [7, 11) is 4.41. The van der Waals surface area contributed by atoms with Crippen LogP contribution in [0.25, 0.3) is 16.8 Å². The first-order valence-corrected chi connectivity index (χ1v) is 11.8. The van der Waals surface area contributed by atoms with Gasteiger partial charge >= 0.3 is 5.91 Å². The lowest BCUT2D eigenvalue weighted by molar-refractivity contribution is -0.132. The number of amides is 1. The highest BCUT2D eigenvalue weighted by atomic mass is 35.5. The minimum atomic E-state index is -1.09. The van der Waals surface area contributed by atoms with E-state index >= 15 is 0 Å². The first-order chi connectivity index (χ1) is 18.3. The number of H-pyrrole nitrogens is 1. The molecule has 3 heterocycles. The molecule has 0 spiro atoms. The number of anilines is 1. The number of Topliss-reactive ketones (excluding diaryl/α,β-unsaturated/α-hetero) is 1. The first-order valence-electron chi connectivity index (χ1n) is 11.5. The number of aliphatic hydroxyl groups excluding tert-OH is 1. The number of aromatic amines is 1. The number of fused-ring (bicyclic) bond motifs is 1. The number of nitrogens with one attached hydrogen (secondary N) is 1. The van der Waals surface area contributed by atoms with E-state index in [4.69, 9.17) is 25.8 Å². The number of rotatable bonds is 6. The fraction of sp³-hybridized carbons (Fsp3) is 0.185. The summed E-state index contributed by atoms with van der Waals surface area (Å²) in [5.74, 6) is -1.08. The summed E-state index contributed by atoms with van der Waals surface area (Å²) >= 11 is 6.35. The quantitative estimate of drug-likeness (QED) is 0.209. The highest BCUT2D eigenvalue weighted by Crippen LogP contribution is 2.44. The largest absolute Gasteiger partial charge is 0.507 e. The predicted octanol–water partition coefficient (Wildman–Crippen LogP) is 4.57. The van der Waals surface area contributed by atoms with E-state index in [2.05, 4.69) is 15.0 Å².